The fraction of sp³-hybridized carbons (Fsp3) is 0.312. The number of hydrazine groups is 2. The van der Waals surface area contributed by atoms with Crippen LogP contribution in [0.4, 0.5) is 0 Å². The summed E-state index contributed by atoms with van der Waals surface area (Å²) in [6.07, 6.45) is 8.61. The third-order valence-corrected chi connectivity index (χ3v) is 4.17. The molecule has 2 N–H and O–H groups in total. The third kappa shape index (κ3) is 2.61. The summed E-state index contributed by atoms with van der Waals surface area (Å²) >= 11 is 0. The number of nitrogens with zero attached hydrogens (tertiary/aromatic N) is 3. The van der Waals surface area contributed by atoms with Crippen molar-refractivity contribution in [2.45, 2.75) is 25.3 Å². The van der Waals surface area contributed by atoms with Gasteiger partial charge in [0.25, 0.3) is 0 Å². The minimum absolute atomic E-state index is 0.385. The number of carbonyl (C=O) groups is 2. The van der Waals surface area contributed by atoms with Crippen LogP contribution in [0.3, 0.4) is 0 Å². The van der Waals surface area contributed by atoms with E-state index in [-0.39, 0.29) is 5.97 Å². The predicted molar refractivity (Wildman–Crippen MR) is 84.5 cm³/mol. The molecule has 8 heteroatoms. The lowest BCUT2D eigenvalue weighted by molar-refractivity contribution is -0.105. The van der Waals surface area contributed by atoms with Crippen molar-refractivity contribution in [1.82, 2.24) is 25.4 Å². The van der Waals surface area contributed by atoms with Crippen LogP contribution in [0.25, 0.3) is 5.65 Å². The van der Waals surface area contributed by atoms with Gasteiger partial charge in [-0.3, -0.25) is 15.2 Å². The number of ether oxygens (including phenoxy) is 1. The Morgan fingerprint density at radius 3 is 2.96 bits per heavy atom. The average Bonchev–Trinajstić information content (AvgIpc) is 3.22. The van der Waals surface area contributed by atoms with Crippen molar-refractivity contribution in [1.29, 1.82) is 0 Å². The molecule has 24 heavy (non-hydrogen) atoms. The fourth-order valence-electron chi connectivity index (χ4n) is 2.84. The van der Waals surface area contributed by atoms with E-state index in [1.165, 1.54) is 7.11 Å². The zero-order valence-electron chi connectivity index (χ0n) is 13.2. The number of methoxy groups -OCH3 is 1. The highest BCUT2D eigenvalue weighted by molar-refractivity contribution is 5.96. The molecule has 0 aromatic carbocycles. The van der Waals surface area contributed by atoms with Crippen LogP contribution in [0.2, 0.25) is 0 Å². The smallest absolute Gasteiger partial charge is 0.341 e. The van der Waals surface area contributed by atoms with Crippen LogP contribution in [-0.2, 0) is 16.1 Å². The van der Waals surface area contributed by atoms with E-state index in [1.54, 1.807) is 11.2 Å². The average molecular weight is 327 g/mol. The number of fused-ring (bicyclic) bond motifs is 1. The number of hydrogen-bond donors (Lipinski definition) is 2. The summed E-state index contributed by atoms with van der Waals surface area (Å²) in [6, 6.07) is 1.88. The number of carbonyl (C=O) groups excluding carboxylic acids is 2. The third-order valence-electron chi connectivity index (χ3n) is 4.17. The lowest BCUT2D eigenvalue weighted by atomic mass is 10.1. The Balaban J connectivity index is 1.70. The first kappa shape index (κ1) is 14.7. The predicted octanol–water partition coefficient (Wildman–Crippen LogP) is 0.863. The van der Waals surface area contributed by atoms with E-state index in [0.29, 0.717) is 29.4 Å². The van der Waals surface area contributed by atoms with E-state index in [0.717, 1.165) is 30.4 Å². The highest BCUT2D eigenvalue weighted by Crippen LogP contribution is 2.40. The van der Waals surface area contributed by atoms with Gasteiger partial charge < -0.3 is 9.14 Å². The van der Waals surface area contributed by atoms with E-state index < -0.39 is 0 Å². The van der Waals surface area contributed by atoms with Crippen molar-refractivity contribution in [3.05, 3.63) is 47.2 Å². The van der Waals surface area contributed by atoms with Crippen LogP contribution in [0.1, 0.15) is 40.4 Å². The first-order valence-electron chi connectivity index (χ1n) is 7.73. The molecule has 0 saturated heterocycles. The minimum atomic E-state index is -0.385. The molecule has 1 aliphatic heterocycles. The molecule has 0 bridgehead atoms. The Labute approximate surface area is 138 Å². The van der Waals surface area contributed by atoms with Crippen molar-refractivity contribution in [2.75, 3.05) is 7.11 Å². The number of imidazole rings is 1. The number of aromatic nitrogens is 2. The molecule has 1 fully saturated rings. The van der Waals surface area contributed by atoms with Crippen LogP contribution in [0.5, 0.6) is 0 Å². The summed E-state index contributed by atoms with van der Waals surface area (Å²) in [4.78, 5) is 27.4. The van der Waals surface area contributed by atoms with Gasteiger partial charge in [0.2, 0.25) is 0 Å². The second-order valence-electron chi connectivity index (χ2n) is 5.98. The van der Waals surface area contributed by atoms with Gasteiger partial charge in [0.1, 0.15) is 11.3 Å². The molecule has 4 rings (SSSR count). The van der Waals surface area contributed by atoms with Crippen LogP contribution < -0.4 is 11.0 Å². The summed E-state index contributed by atoms with van der Waals surface area (Å²) in [6.45, 7) is 0.450. The maximum Gasteiger partial charge on any atom is 0.341 e. The number of hydrogen-bond acceptors (Lipinski definition) is 7. The molecular weight excluding hydrogens is 310 g/mol. The van der Waals surface area contributed by atoms with Gasteiger partial charge in [0.15, 0.2) is 11.9 Å². The lowest BCUT2D eigenvalue weighted by Gasteiger charge is -2.12. The molecule has 0 radical (unpaired) electrons. The van der Waals surface area contributed by atoms with Gasteiger partial charge in [-0.05, 0) is 30.4 Å². The van der Waals surface area contributed by atoms with Crippen molar-refractivity contribution >= 4 is 17.9 Å². The number of nitrogens with one attached hydrogen (secondary N) is 2. The zero-order chi connectivity index (χ0) is 16.7. The van der Waals surface area contributed by atoms with E-state index in [4.69, 9.17) is 4.74 Å². The topological polar surface area (TPSA) is 88.0 Å². The molecule has 3 heterocycles. The molecule has 8 nitrogen and oxygen atoms in total. The molecule has 0 unspecified atom stereocenters. The van der Waals surface area contributed by atoms with E-state index in [2.05, 4.69) is 15.9 Å². The summed E-state index contributed by atoms with van der Waals surface area (Å²) in [5, 5.41) is 1.71. The van der Waals surface area contributed by atoms with Gasteiger partial charge in [0, 0.05) is 18.6 Å². The van der Waals surface area contributed by atoms with Gasteiger partial charge in [-0.1, -0.05) is 0 Å². The monoisotopic (exact) mass is 327 g/mol. The molecule has 1 aliphatic carbocycles. The quantitative estimate of drug-likeness (QED) is 0.622. The molecule has 0 atom stereocenters. The minimum Gasteiger partial charge on any atom is -0.465 e. The Morgan fingerprint density at radius 2 is 2.29 bits per heavy atom. The molecular formula is C16H17N5O3. The Bertz CT molecular complexity index is 853. The Kier molecular flexibility index (Phi) is 3.46. The normalized spacial score (nSPS) is 16.9. The van der Waals surface area contributed by atoms with Crippen LogP contribution in [0, 0.1) is 0 Å². The molecule has 1 saturated carbocycles. The molecule has 2 aliphatic rings. The largest absolute Gasteiger partial charge is 0.465 e. The zero-order valence-corrected chi connectivity index (χ0v) is 13.2. The first-order valence-corrected chi connectivity index (χ1v) is 7.73. The van der Waals surface area contributed by atoms with E-state index in [1.807, 2.05) is 22.9 Å². The molecule has 124 valence electrons. The van der Waals surface area contributed by atoms with Gasteiger partial charge in [-0.2, -0.15) is 0 Å². The summed E-state index contributed by atoms with van der Waals surface area (Å²) in [5.74, 6) is 0.134. The van der Waals surface area contributed by atoms with Gasteiger partial charge in [-0.25, -0.2) is 9.78 Å². The van der Waals surface area contributed by atoms with Gasteiger partial charge in [0.05, 0.1) is 19.3 Å². The van der Waals surface area contributed by atoms with Crippen molar-refractivity contribution < 1.29 is 14.3 Å². The van der Waals surface area contributed by atoms with Crippen molar-refractivity contribution in [3.8, 4) is 0 Å². The van der Waals surface area contributed by atoms with Crippen LogP contribution >= 0.6 is 0 Å². The van der Waals surface area contributed by atoms with Gasteiger partial charge >= 0.3 is 5.97 Å². The molecule has 0 spiro atoms. The number of aldehydes is 1. The van der Waals surface area contributed by atoms with Gasteiger partial charge in [-0.15, -0.1) is 5.53 Å². The first-order chi connectivity index (χ1) is 11.7. The maximum absolute atomic E-state index is 12.1. The Morgan fingerprint density at radius 1 is 1.46 bits per heavy atom. The molecule has 2 aromatic rings. The number of pyridine rings is 1. The molecule has 0 amide bonds. The standard InChI is InChI=1S/C16H17N5O3/c1-24-16(23)14-4-11(10-2-3-10)5-20-6-12(17-15(14)20)7-21-8-13(9-22)18-19-21/h4-6,8-10,18-19H,2-3,7H2,1H3. The molecule has 2 aromatic heterocycles. The highest BCUT2D eigenvalue weighted by Gasteiger charge is 2.26. The highest BCUT2D eigenvalue weighted by atomic mass is 16.5. The number of esters is 1. The Hall–Kier alpha value is -2.87. The van der Waals surface area contributed by atoms with E-state index in [9.17, 15) is 9.59 Å². The van der Waals surface area contributed by atoms with Crippen molar-refractivity contribution in [3.63, 3.8) is 0 Å². The second-order valence-corrected chi connectivity index (χ2v) is 5.98. The summed E-state index contributed by atoms with van der Waals surface area (Å²) in [7, 11) is 1.37. The summed E-state index contributed by atoms with van der Waals surface area (Å²) < 4.78 is 6.78. The fourth-order valence-corrected chi connectivity index (χ4v) is 2.84. The second kappa shape index (κ2) is 5.64. The van der Waals surface area contributed by atoms with Crippen LogP contribution in [0.15, 0.2) is 30.4 Å². The SMILES string of the molecule is COC(=O)c1cc(C2CC2)cn2cc(CN3C=C(C=O)NN3)nc12. The lowest BCUT2D eigenvalue weighted by Crippen LogP contribution is -2.36. The summed E-state index contributed by atoms with van der Waals surface area (Å²) in [5.41, 5.74) is 9.01. The maximum atomic E-state index is 12.1. The van der Waals surface area contributed by atoms with Crippen molar-refractivity contribution in [2.24, 2.45) is 0 Å². The number of rotatable bonds is 5. The number of allylic oxidation sites excluding steroid dienone is 1. The van der Waals surface area contributed by atoms with Crippen LogP contribution in [-0.4, -0.2) is 33.8 Å². The van der Waals surface area contributed by atoms with E-state index >= 15 is 0 Å².